The molecule has 0 saturated heterocycles. The summed E-state index contributed by atoms with van der Waals surface area (Å²) < 4.78 is 26.2. The molecule has 0 amide bonds. The van der Waals surface area contributed by atoms with Gasteiger partial charge in [-0.15, -0.1) is 0 Å². The van der Waals surface area contributed by atoms with Gasteiger partial charge < -0.3 is 0 Å². The highest BCUT2D eigenvalue weighted by Crippen LogP contribution is 2.26. The van der Waals surface area contributed by atoms with Gasteiger partial charge in [0.15, 0.2) is 0 Å². The zero-order chi connectivity index (χ0) is 14.7. The largest absolute Gasteiger partial charge is 0.254 e. The summed E-state index contributed by atoms with van der Waals surface area (Å²) >= 11 is 11.8. The Kier molecular flexibility index (Phi) is 4.77. The second-order valence-corrected chi connectivity index (χ2v) is 6.22. The lowest BCUT2D eigenvalue weighted by atomic mass is 10.1. The molecule has 0 aliphatic carbocycles. The summed E-state index contributed by atoms with van der Waals surface area (Å²) in [6.07, 6.45) is 0. The first kappa shape index (κ1) is 15.0. The fraction of sp³-hybridized carbons (Fsp3) is 0.0714. The van der Waals surface area contributed by atoms with Crippen molar-refractivity contribution in [1.29, 1.82) is 5.26 Å². The Morgan fingerprint density at radius 3 is 2.70 bits per heavy atom. The van der Waals surface area contributed by atoms with Gasteiger partial charge in [-0.1, -0.05) is 35.3 Å². The van der Waals surface area contributed by atoms with Gasteiger partial charge >= 0.3 is 0 Å². The lowest BCUT2D eigenvalue weighted by Gasteiger charge is -2.07. The molecule has 1 unspecified atom stereocenters. The van der Waals surface area contributed by atoms with Gasteiger partial charge in [0.25, 0.3) is 0 Å². The first-order valence-electron chi connectivity index (χ1n) is 5.54. The maximum Gasteiger partial charge on any atom is 0.145 e. The van der Waals surface area contributed by atoms with Crippen LogP contribution in [0.25, 0.3) is 0 Å². The standard InChI is InChI=1S/C14H8Cl2FNOS/c15-11-4-5-12(16)13(6-11)20(19)8-10-3-1-2-9(7-18)14(10)17/h1-6H,8H2. The number of nitriles is 1. The van der Waals surface area contributed by atoms with Crippen LogP contribution < -0.4 is 0 Å². The molecule has 0 bridgehead atoms. The zero-order valence-electron chi connectivity index (χ0n) is 10.1. The van der Waals surface area contributed by atoms with Gasteiger partial charge in [-0.3, -0.25) is 4.21 Å². The number of rotatable bonds is 3. The Hall–Kier alpha value is -1.41. The lowest BCUT2D eigenvalue weighted by Crippen LogP contribution is -2.01. The van der Waals surface area contributed by atoms with Crippen molar-refractivity contribution in [3.63, 3.8) is 0 Å². The van der Waals surface area contributed by atoms with E-state index in [0.717, 1.165) is 0 Å². The van der Waals surface area contributed by atoms with E-state index in [0.29, 0.717) is 14.9 Å². The molecule has 2 nitrogen and oxygen atoms in total. The van der Waals surface area contributed by atoms with Gasteiger partial charge in [0, 0.05) is 10.6 Å². The van der Waals surface area contributed by atoms with E-state index in [2.05, 4.69) is 0 Å². The summed E-state index contributed by atoms with van der Waals surface area (Å²) in [6, 6.07) is 10.8. The Bertz CT molecular complexity index is 728. The van der Waals surface area contributed by atoms with E-state index in [4.69, 9.17) is 28.5 Å². The molecule has 0 radical (unpaired) electrons. The molecule has 2 rings (SSSR count). The second-order valence-electron chi connectivity index (χ2n) is 3.96. The first-order valence-corrected chi connectivity index (χ1v) is 7.61. The molecule has 6 heteroatoms. The Balaban J connectivity index is 2.33. The Morgan fingerprint density at radius 1 is 1.25 bits per heavy atom. The maximum absolute atomic E-state index is 13.9. The minimum atomic E-state index is -1.54. The summed E-state index contributed by atoms with van der Waals surface area (Å²) in [5.41, 5.74) is 0.134. The molecule has 2 aromatic rings. The van der Waals surface area contributed by atoms with E-state index in [1.54, 1.807) is 24.3 Å². The first-order chi connectivity index (χ1) is 9.52. The molecule has 0 aliphatic heterocycles. The molecule has 0 aromatic heterocycles. The van der Waals surface area contributed by atoms with E-state index in [1.807, 2.05) is 0 Å². The summed E-state index contributed by atoms with van der Waals surface area (Å²) in [5.74, 6) is -0.719. The smallest absolute Gasteiger partial charge is 0.145 e. The number of hydrogen-bond donors (Lipinski definition) is 0. The predicted octanol–water partition coefficient (Wildman–Crippen LogP) is 4.31. The van der Waals surface area contributed by atoms with E-state index >= 15 is 0 Å². The van der Waals surface area contributed by atoms with Crippen LogP contribution >= 0.6 is 23.2 Å². The summed E-state index contributed by atoms with van der Waals surface area (Å²) in [6.45, 7) is 0. The van der Waals surface area contributed by atoms with Gasteiger partial charge in [0.05, 0.1) is 32.0 Å². The third-order valence-electron chi connectivity index (χ3n) is 2.62. The fourth-order valence-electron chi connectivity index (χ4n) is 1.65. The summed E-state index contributed by atoms with van der Waals surface area (Å²) in [5, 5.41) is 9.49. The van der Waals surface area contributed by atoms with Crippen LogP contribution in [0.15, 0.2) is 41.3 Å². The molecule has 2 aromatic carbocycles. The number of nitrogens with zero attached hydrogens (tertiary/aromatic N) is 1. The molecule has 0 aliphatic rings. The minimum absolute atomic E-state index is 0.0680. The number of benzene rings is 2. The molecule has 0 N–H and O–H groups in total. The molecule has 0 heterocycles. The Morgan fingerprint density at radius 2 is 2.00 bits per heavy atom. The number of halogens is 3. The van der Waals surface area contributed by atoms with Gasteiger partial charge in [-0.05, 0) is 24.3 Å². The van der Waals surface area contributed by atoms with Crippen molar-refractivity contribution in [1.82, 2.24) is 0 Å². The minimum Gasteiger partial charge on any atom is -0.254 e. The second kappa shape index (κ2) is 6.36. The van der Waals surface area contributed by atoms with Crippen molar-refractivity contribution >= 4 is 34.0 Å². The van der Waals surface area contributed by atoms with Crippen LogP contribution in [-0.4, -0.2) is 4.21 Å². The predicted molar refractivity (Wildman–Crippen MR) is 77.7 cm³/mol. The highest BCUT2D eigenvalue weighted by atomic mass is 35.5. The maximum atomic E-state index is 13.9. The van der Waals surface area contributed by atoms with Crippen LogP contribution in [0.5, 0.6) is 0 Å². The van der Waals surface area contributed by atoms with Crippen molar-refractivity contribution in [2.45, 2.75) is 10.6 Å². The van der Waals surface area contributed by atoms with E-state index in [9.17, 15) is 8.60 Å². The van der Waals surface area contributed by atoms with Crippen LogP contribution in [0, 0.1) is 17.1 Å². The van der Waals surface area contributed by atoms with E-state index in [-0.39, 0.29) is 16.9 Å². The van der Waals surface area contributed by atoms with Crippen LogP contribution in [0.3, 0.4) is 0 Å². The van der Waals surface area contributed by atoms with Crippen LogP contribution in [0.1, 0.15) is 11.1 Å². The molecular weight excluding hydrogens is 320 g/mol. The van der Waals surface area contributed by atoms with Gasteiger partial charge in [-0.25, -0.2) is 4.39 Å². The molecule has 20 heavy (non-hydrogen) atoms. The monoisotopic (exact) mass is 327 g/mol. The van der Waals surface area contributed by atoms with Crippen LogP contribution in [-0.2, 0) is 16.6 Å². The third-order valence-corrected chi connectivity index (χ3v) is 4.70. The molecule has 102 valence electrons. The van der Waals surface area contributed by atoms with E-state index < -0.39 is 16.6 Å². The van der Waals surface area contributed by atoms with Crippen molar-refractivity contribution < 1.29 is 8.60 Å². The fourth-order valence-corrected chi connectivity index (χ4v) is 3.47. The highest BCUT2D eigenvalue weighted by molar-refractivity contribution is 7.84. The normalized spacial score (nSPS) is 11.9. The van der Waals surface area contributed by atoms with Gasteiger partial charge in [-0.2, -0.15) is 5.26 Å². The zero-order valence-corrected chi connectivity index (χ0v) is 12.4. The topological polar surface area (TPSA) is 40.9 Å². The molecular formula is C14H8Cl2FNOS. The molecule has 1 atom stereocenters. The summed E-state index contributed by atoms with van der Waals surface area (Å²) in [7, 11) is -1.54. The molecule has 0 spiro atoms. The van der Waals surface area contributed by atoms with Gasteiger partial charge in [0.2, 0.25) is 0 Å². The highest BCUT2D eigenvalue weighted by Gasteiger charge is 2.14. The SMILES string of the molecule is N#Cc1cccc(CS(=O)c2cc(Cl)ccc2Cl)c1F. The van der Waals surface area contributed by atoms with Crippen LogP contribution in [0.4, 0.5) is 4.39 Å². The van der Waals surface area contributed by atoms with Crippen LogP contribution in [0.2, 0.25) is 10.0 Å². The van der Waals surface area contributed by atoms with Crippen molar-refractivity contribution in [2.75, 3.05) is 0 Å². The van der Waals surface area contributed by atoms with Crippen molar-refractivity contribution in [3.8, 4) is 6.07 Å². The molecule has 0 saturated carbocycles. The third kappa shape index (κ3) is 3.18. The average Bonchev–Trinajstić information content (AvgIpc) is 2.43. The average molecular weight is 328 g/mol. The van der Waals surface area contributed by atoms with E-state index in [1.165, 1.54) is 18.2 Å². The Labute approximate surface area is 128 Å². The quantitative estimate of drug-likeness (QED) is 0.842. The van der Waals surface area contributed by atoms with Crippen molar-refractivity contribution in [3.05, 3.63) is 63.4 Å². The van der Waals surface area contributed by atoms with Gasteiger partial charge in [0.1, 0.15) is 11.9 Å². The summed E-state index contributed by atoms with van der Waals surface area (Å²) in [4.78, 5) is 0.348. The molecule has 0 fully saturated rings. The van der Waals surface area contributed by atoms with Crippen molar-refractivity contribution in [2.24, 2.45) is 0 Å². The number of hydrogen-bond acceptors (Lipinski definition) is 2. The lowest BCUT2D eigenvalue weighted by molar-refractivity contribution is 0.611.